The first-order chi connectivity index (χ1) is 8.72. The molecule has 4 nitrogen and oxygen atoms in total. The van der Waals surface area contributed by atoms with Crippen LogP contribution in [0.25, 0.3) is 12.3 Å². The number of anilines is 1. The van der Waals surface area contributed by atoms with Gasteiger partial charge in [0.25, 0.3) is 0 Å². The van der Waals surface area contributed by atoms with Crippen LogP contribution < -0.4 is 5.32 Å². The maximum absolute atomic E-state index is 10.6. The third-order valence-corrected chi connectivity index (χ3v) is 2.79. The van der Waals surface area contributed by atoms with Crippen molar-refractivity contribution in [1.29, 1.82) is 0 Å². The highest BCUT2D eigenvalue weighted by atomic mass is 16.1. The van der Waals surface area contributed by atoms with E-state index in [0.717, 1.165) is 16.8 Å². The van der Waals surface area contributed by atoms with E-state index in [0.29, 0.717) is 12.2 Å². The monoisotopic (exact) mass is 241 g/mol. The Balaban J connectivity index is 2.31. The van der Waals surface area contributed by atoms with Crippen LogP contribution >= 0.6 is 0 Å². The van der Waals surface area contributed by atoms with Crippen LogP contribution in [-0.2, 0) is 4.79 Å². The molecule has 0 unspecified atom stereocenters. The van der Waals surface area contributed by atoms with Gasteiger partial charge in [-0.05, 0) is 25.5 Å². The fourth-order valence-electron chi connectivity index (χ4n) is 1.69. The Morgan fingerprint density at radius 1 is 1.22 bits per heavy atom. The molecule has 0 aliphatic carbocycles. The largest absolute Gasteiger partial charge is 0.313 e. The number of benzene rings is 1. The van der Waals surface area contributed by atoms with Gasteiger partial charge >= 0.3 is 0 Å². The van der Waals surface area contributed by atoms with E-state index in [1.54, 1.807) is 4.68 Å². The molecule has 18 heavy (non-hydrogen) atoms. The molecule has 0 atom stereocenters. The van der Waals surface area contributed by atoms with E-state index >= 15 is 0 Å². The van der Waals surface area contributed by atoms with Crippen molar-refractivity contribution < 1.29 is 4.79 Å². The lowest BCUT2D eigenvalue weighted by Crippen LogP contribution is -2.01. The predicted molar refractivity (Wildman–Crippen MR) is 73.1 cm³/mol. The third kappa shape index (κ3) is 2.48. The quantitative estimate of drug-likeness (QED) is 0.836. The van der Waals surface area contributed by atoms with Gasteiger partial charge in [0.05, 0.1) is 5.69 Å². The van der Waals surface area contributed by atoms with Crippen molar-refractivity contribution >= 4 is 24.5 Å². The van der Waals surface area contributed by atoms with Crippen LogP contribution in [0.15, 0.2) is 30.3 Å². The molecule has 1 N–H and O–H groups in total. The Morgan fingerprint density at radius 3 is 2.61 bits per heavy atom. The average molecular weight is 241 g/mol. The summed E-state index contributed by atoms with van der Waals surface area (Å²) in [6.07, 6.45) is 4.44. The van der Waals surface area contributed by atoms with Crippen molar-refractivity contribution in [2.45, 2.75) is 13.8 Å². The van der Waals surface area contributed by atoms with Gasteiger partial charge in [0.1, 0.15) is 5.82 Å². The molecule has 2 aromatic rings. The zero-order valence-corrected chi connectivity index (χ0v) is 10.4. The maximum atomic E-state index is 10.6. The maximum Gasteiger partial charge on any atom is 0.212 e. The summed E-state index contributed by atoms with van der Waals surface area (Å²) in [6, 6.07) is 9.94. The standard InChI is InChI=1S/C14H15N3O/c1-11-12(2)16-17(14(11)15-10-18)9-8-13-6-4-3-5-7-13/h3-10H,1-2H3,(H,15,18). The van der Waals surface area contributed by atoms with Crippen molar-refractivity contribution in [2.24, 2.45) is 0 Å². The summed E-state index contributed by atoms with van der Waals surface area (Å²) in [5.74, 6) is 0.703. The Hall–Kier alpha value is -2.36. The molecule has 92 valence electrons. The molecule has 0 bridgehead atoms. The van der Waals surface area contributed by atoms with E-state index in [-0.39, 0.29) is 0 Å². The third-order valence-electron chi connectivity index (χ3n) is 2.79. The summed E-state index contributed by atoms with van der Waals surface area (Å²) in [4.78, 5) is 10.6. The summed E-state index contributed by atoms with van der Waals surface area (Å²) in [5.41, 5.74) is 2.96. The average Bonchev–Trinajstić information content (AvgIpc) is 2.66. The van der Waals surface area contributed by atoms with Crippen LogP contribution in [0, 0.1) is 13.8 Å². The van der Waals surface area contributed by atoms with E-state index in [1.165, 1.54) is 0 Å². The second kappa shape index (κ2) is 5.31. The highest BCUT2D eigenvalue weighted by molar-refractivity contribution is 5.74. The number of nitrogens with one attached hydrogen (secondary N) is 1. The Labute approximate surface area is 106 Å². The number of hydrogen-bond acceptors (Lipinski definition) is 2. The molecule has 0 fully saturated rings. The smallest absolute Gasteiger partial charge is 0.212 e. The lowest BCUT2D eigenvalue weighted by atomic mass is 10.2. The second-order valence-corrected chi connectivity index (χ2v) is 3.99. The van der Waals surface area contributed by atoms with Gasteiger partial charge in [0.15, 0.2) is 0 Å². The Kier molecular flexibility index (Phi) is 3.57. The van der Waals surface area contributed by atoms with Gasteiger partial charge in [-0.25, -0.2) is 4.68 Å². The van der Waals surface area contributed by atoms with Gasteiger partial charge in [-0.2, -0.15) is 5.10 Å². The van der Waals surface area contributed by atoms with Crippen molar-refractivity contribution in [3.63, 3.8) is 0 Å². The topological polar surface area (TPSA) is 46.9 Å². The SMILES string of the molecule is Cc1nn(C=Cc2ccccc2)c(NC=O)c1C. The van der Waals surface area contributed by atoms with E-state index in [4.69, 9.17) is 0 Å². The lowest BCUT2D eigenvalue weighted by molar-refractivity contribution is -0.105. The minimum atomic E-state index is 0.663. The van der Waals surface area contributed by atoms with E-state index < -0.39 is 0 Å². The first kappa shape index (κ1) is 12.1. The molecular weight excluding hydrogens is 226 g/mol. The van der Waals surface area contributed by atoms with Crippen molar-refractivity contribution in [2.75, 3.05) is 5.32 Å². The normalized spacial score (nSPS) is 10.8. The molecular formula is C14H15N3O. The molecule has 2 rings (SSSR count). The van der Waals surface area contributed by atoms with Crippen LogP contribution in [0.4, 0.5) is 5.82 Å². The number of rotatable bonds is 4. The van der Waals surface area contributed by atoms with E-state index in [1.807, 2.05) is 56.5 Å². The van der Waals surface area contributed by atoms with Gasteiger partial charge in [0.2, 0.25) is 6.41 Å². The van der Waals surface area contributed by atoms with Crippen LogP contribution in [0.2, 0.25) is 0 Å². The van der Waals surface area contributed by atoms with Crippen molar-refractivity contribution in [3.05, 3.63) is 47.2 Å². The summed E-state index contributed by atoms with van der Waals surface area (Å²) < 4.78 is 1.67. The van der Waals surface area contributed by atoms with E-state index in [9.17, 15) is 4.79 Å². The lowest BCUT2D eigenvalue weighted by Gasteiger charge is -2.01. The number of amides is 1. The molecule has 0 radical (unpaired) electrons. The van der Waals surface area contributed by atoms with Crippen LogP contribution in [0.1, 0.15) is 16.8 Å². The van der Waals surface area contributed by atoms with Gasteiger partial charge in [0, 0.05) is 11.8 Å². The van der Waals surface area contributed by atoms with Crippen molar-refractivity contribution in [3.8, 4) is 0 Å². The minimum Gasteiger partial charge on any atom is -0.313 e. The number of carbonyl (C=O) groups is 1. The number of nitrogens with zero attached hydrogens (tertiary/aromatic N) is 2. The molecule has 1 aromatic heterocycles. The number of carbonyl (C=O) groups excluding carboxylic acids is 1. The van der Waals surface area contributed by atoms with Crippen LogP contribution in [-0.4, -0.2) is 16.2 Å². The molecule has 0 spiro atoms. The zero-order valence-electron chi connectivity index (χ0n) is 10.4. The molecule has 0 aliphatic rings. The van der Waals surface area contributed by atoms with Crippen LogP contribution in [0.3, 0.4) is 0 Å². The Bertz CT molecular complexity index is 570. The molecule has 1 amide bonds. The predicted octanol–water partition coefficient (Wildman–Crippen LogP) is 2.70. The molecule has 0 saturated heterocycles. The van der Waals surface area contributed by atoms with Gasteiger partial charge in [-0.3, -0.25) is 4.79 Å². The van der Waals surface area contributed by atoms with Gasteiger partial charge < -0.3 is 5.32 Å². The summed E-state index contributed by atoms with van der Waals surface area (Å²) in [5, 5.41) is 7.02. The minimum absolute atomic E-state index is 0.663. The summed E-state index contributed by atoms with van der Waals surface area (Å²) >= 11 is 0. The zero-order chi connectivity index (χ0) is 13.0. The second-order valence-electron chi connectivity index (χ2n) is 3.99. The summed E-state index contributed by atoms with van der Waals surface area (Å²) in [6.45, 7) is 3.85. The number of aryl methyl sites for hydroxylation is 1. The number of aromatic nitrogens is 2. The molecule has 1 heterocycles. The molecule has 4 heteroatoms. The molecule has 0 aliphatic heterocycles. The highest BCUT2D eigenvalue weighted by Crippen LogP contribution is 2.18. The molecule has 0 saturated carbocycles. The Morgan fingerprint density at radius 2 is 1.94 bits per heavy atom. The first-order valence-corrected chi connectivity index (χ1v) is 5.71. The molecule has 1 aromatic carbocycles. The number of hydrogen-bond donors (Lipinski definition) is 1. The van der Waals surface area contributed by atoms with Gasteiger partial charge in [-0.1, -0.05) is 30.3 Å². The fraction of sp³-hybridized carbons (Fsp3) is 0.143. The summed E-state index contributed by atoms with van der Waals surface area (Å²) in [7, 11) is 0. The fourth-order valence-corrected chi connectivity index (χ4v) is 1.69. The first-order valence-electron chi connectivity index (χ1n) is 5.71. The highest BCUT2D eigenvalue weighted by Gasteiger charge is 2.08. The van der Waals surface area contributed by atoms with Crippen LogP contribution in [0.5, 0.6) is 0 Å². The van der Waals surface area contributed by atoms with E-state index in [2.05, 4.69) is 10.4 Å². The van der Waals surface area contributed by atoms with Crippen molar-refractivity contribution in [1.82, 2.24) is 9.78 Å². The van der Waals surface area contributed by atoms with Gasteiger partial charge in [-0.15, -0.1) is 0 Å².